The second kappa shape index (κ2) is 8.82. The van der Waals surface area contributed by atoms with Crippen LogP contribution in [0.1, 0.15) is 12.5 Å². The number of benzene rings is 1. The maximum absolute atomic E-state index is 13.1. The van der Waals surface area contributed by atoms with Crippen molar-refractivity contribution in [3.8, 4) is 0 Å². The number of nitrogen functional groups attached to an aromatic ring is 1. The minimum Gasteiger partial charge on any atom is -0.450 e. The molecule has 1 fully saturated rings. The van der Waals surface area contributed by atoms with E-state index in [2.05, 4.69) is 15.3 Å². The summed E-state index contributed by atoms with van der Waals surface area (Å²) in [6, 6.07) is 3.44. The van der Waals surface area contributed by atoms with E-state index >= 15 is 0 Å². The molecule has 162 valence electrons. The summed E-state index contributed by atoms with van der Waals surface area (Å²) in [7, 11) is 0. The molecule has 30 heavy (non-hydrogen) atoms. The number of nitrogens with two attached hydrogens (primary N) is 1. The highest BCUT2D eigenvalue weighted by molar-refractivity contribution is 6.31. The van der Waals surface area contributed by atoms with E-state index in [9.17, 15) is 18.0 Å². The first kappa shape index (κ1) is 21.8. The molecule has 0 atom stereocenters. The Kier molecular flexibility index (Phi) is 6.40. The van der Waals surface area contributed by atoms with E-state index in [1.54, 1.807) is 11.8 Å². The van der Waals surface area contributed by atoms with Crippen molar-refractivity contribution in [2.45, 2.75) is 13.1 Å². The van der Waals surface area contributed by atoms with Gasteiger partial charge in [-0.3, -0.25) is 0 Å². The lowest BCUT2D eigenvalue weighted by Gasteiger charge is -2.35. The van der Waals surface area contributed by atoms with Gasteiger partial charge >= 0.3 is 12.3 Å². The zero-order chi connectivity index (χ0) is 21.9. The fourth-order valence-corrected chi connectivity index (χ4v) is 3.24. The number of ether oxygens (including phenoxy) is 1. The fourth-order valence-electron chi connectivity index (χ4n) is 3.01. The van der Waals surface area contributed by atoms with Crippen LogP contribution in [0.3, 0.4) is 0 Å². The van der Waals surface area contributed by atoms with Gasteiger partial charge in [0.15, 0.2) is 11.6 Å². The summed E-state index contributed by atoms with van der Waals surface area (Å²) in [5.74, 6) is 0.601. The number of nitrogens with one attached hydrogen (secondary N) is 1. The lowest BCUT2D eigenvalue weighted by Crippen LogP contribution is -2.49. The SMILES string of the molecule is CCOC(=O)N1CCN(c2ncnc(Nc3ccc(Cl)c(C(F)(F)F)c3)c2N)CC1. The molecule has 2 heterocycles. The number of halogens is 4. The van der Waals surface area contributed by atoms with Crippen molar-refractivity contribution in [3.63, 3.8) is 0 Å². The van der Waals surface area contributed by atoms with Crippen LogP contribution in [0.25, 0.3) is 0 Å². The molecular weight excluding hydrogens is 425 g/mol. The molecule has 2 aromatic rings. The smallest absolute Gasteiger partial charge is 0.417 e. The standard InChI is InChI=1S/C18H20ClF3N6O2/c1-2-30-17(29)28-7-5-27(6-8-28)16-14(23)15(24-10-25-16)26-11-3-4-13(19)12(9-11)18(20,21)22/h3-4,9-10H,2,5-8,23H2,1H3,(H,24,25,26). The molecule has 1 aliphatic heterocycles. The van der Waals surface area contributed by atoms with Crippen LogP contribution in [0, 0.1) is 0 Å². The van der Waals surface area contributed by atoms with Crippen molar-refractivity contribution < 1.29 is 22.7 Å². The molecule has 0 radical (unpaired) electrons. The number of piperazine rings is 1. The van der Waals surface area contributed by atoms with Crippen molar-refractivity contribution in [3.05, 3.63) is 35.1 Å². The molecule has 1 aromatic heterocycles. The molecule has 0 aliphatic carbocycles. The van der Waals surface area contributed by atoms with Gasteiger partial charge in [0.1, 0.15) is 12.0 Å². The van der Waals surface area contributed by atoms with Gasteiger partial charge in [-0.1, -0.05) is 11.6 Å². The van der Waals surface area contributed by atoms with Crippen molar-refractivity contribution in [2.24, 2.45) is 0 Å². The van der Waals surface area contributed by atoms with Crippen LogP contribution in [-0.2, 0) is 10.9 Å². The Morgan fingerprint density at radius 1 is 1.27 bits per heavy atom. The van der Waals surface area contributed by atoms with E-state index in [0.29, 0.717) is 38.6 Å². The third-order valence-electron chi connectivity index (χ3n) is 4.50. The van der Waals surface area contributed by atoms with Gasteiger partial charge in [-0.2, -0.15) is 13.2 Å². The molecule has 1 amide bonds. The van der Waals surface area contributed by atoms with Gasteiger partial charge < -0.3 is 25.6 Å². The molecular formula is C18H20ClF3N6O2. The minimum absolute atomic E-state index is 0.134. The van der Waals surface area contributed by atoms with E-state index < -0.39 is 16.8 Å². The number of amides is 1. The highest BCUT2D eigenvalue weighted by Crippen LogP contribution is 2.37. The Labute approximate surface area is 175 Å². The topological polar surface area (TPSA) is 96.6 Å². The highest BCUT2D eigenvalue weighted by Gasteiger charge is 2.33. The van der Waals surface area contributed by atoms with Gasteiger partial charge in [-0.15, -0.1) is 0 Å². The molecule has 0 unspecified atom stereocenters. The summed E-state index contributed by atoms with van der Waals surface area (Å²) >= 11 is 5.65. The van der Waals surface area contributed by atoms with E-state index in [4.69, 9.17) is 22.1 Å². The van der Waals surface area contributed by atoms with E-state index in [0.717, 1.165) is 12.1 Å². The number of aromatic nitrogens is 2. The van der Waals surface area contributed by atoms with Gasteiger partial charge in [-0.25, -0.2) is 14.8 Å². The van der Waals surface area contributed by atoms with E-state index in [1.165, 1.54) is 12.4 Å². The molecule has 0 saturated carbocycles. The zero-order valence-electron chi connectivity index (χ0n) is 16.0. The summed E-state index contributed by atoms with van der Waals surface area (Å²) in [5, 5.41) is 2.39. The van der Waals surface area contributed by atoms with E-state index in [-0.39, 0.29) is 23.3 Å². The number of nitrogens with zero attached hydrogens (tertiary/aromatic N) is 4. The first-order chi connectivity index (χ1) is 14.2. The monoisotopic (exact) mass is 444 g/mol. The van der Waals surface area contributed by atoms with Gasteiger partial charge in [-0.05, 0) is 25.1 Å². The number of alkyl halides is 3. The Bertz CT molecular complexity index is 919. The first-order valence-electron chi connectivity index (χ1n) is 9.11. The lowest BCUT2D eigenvalue weighted by atomic mass is 10.2. The molecule has 0 bridgehead atoms. The maximum atomic E-state index is 13.1. The maximum Gasteiger partial charge on any atom is 0.417 e. The van der Waals surface area contributed by atoms with Crippen LogP contribution in [0.15, 0.2) is 24.5 Å². The highest BCUT2D eigenvalue weighted by atomic mass is 35.5. The van der Waals surface area contributed by atoms with Crippen LogP contribution < -0.4 is 16.0 Å². The Balaban J connectivity index is 1.76. The molecule has 1 aromatic carbocycles. The zero-order valence-corrected chi connectivity index (χ0v) is 16.8. The normalized spacial score (nSPS) is 14.6. The van der Waals surface area contributed by atoms with Gasteiger partial charge in [0.25, 0.3) is 0 Å². The average Bonchev–Trinajstić information content (AvgIpc) is 2.70. The number of carbonyl (C=O) groups is 1. The number of carbonyl (C=O) groups excluding carboxylic acids is 1. The third kappa shape index (κ3) is 4.78. The van der Waals surface area contributed by atoms with Gasteiger partial charge in [0.2, 0.25) is 0 Å². The number of rotatable bonds is 4. The minimum atomic E-state index is -4.59. The Hall–Kier alpha value is -2.95. The summed E-state index contributed by atoms with van der Waals surface area (Å²) in [5.41, 5.74) is 5.53. The summed E-state index contributed by atoms with van der Waals surface area (Å²) in [4.78, 5) is 23.5. The van der Waals surface area contributed by atoms with Crippen LogP contribution >= 0.6 is 11.6 Å². The lowest BCUT2D eigenvalue weighted by molar-refractivity contribution is -0.137. The summed E-state index contributed by atoms with van der Waals surface area (Å²) in [6.45, 7) is 3.84. The molecule has 1 saturated heterocycles. The van der Waals surface area contributed by atoms with Gasteiger partial charge in [0, 0.05) is 31.9 Å². The second-order valence-electron chi connectivity index (χ2n) is 6.45. The van der Waals surface area contributed by atoms with Gasteiger partial charge in [0.05, 0.1) is 17.2 Å². The molecule has 3 N–H and O–H groups in total. The van der Waals surface area contributed by atoms with Crippen LogP contribution in [0.2, 0.25) is 5.02 Å². The van der Waals surface area contributed by atoms with Crippen molar-refractivity contribution >= 4 is 40.7 Å². The predicted molar refractivity (Wildman–Crippen MR) is 107 cm³/mol. The van der Waals surface area contributed by atoms with Crippen LogP contribution in [0.5, 0.6) is 0 Å². The number of hydrogen-bond acceptors (Lipinski definition) is 7. The third-order valence-corrected chi connectivity index (χ3v) is 4.83. The van der Waals surface area contributed by atoms with Crippen LogP contribution in [0.4, 0.5) is 41.0 Å². The first-order valence-corrected chi connectivity index (χ1v) is 9.49. The second-order valence-corrected chi connectivity index (χ2v) is 6.86. The Morgan fingerprint density at radius 2 is 1.97 bits per heavy atom. The molecule has 12 heteroatoms. The molecule has 3 rings (SSSR count). The van der Waals surface area contributed by atoms with Crippen molar-refractivity contribution in [1.29, 1.82) is 0 Å². The summed E-state index contributed by atoms with van der Waals surface area (Å²) < 4.78 is 44.2. The molecule has 8 nitrogen and oxygen atoms in total. The molecule has 1 aliphatic rings. The van der Waals surface area contributed by atoms with Crippen LogP contribution in [-0.4, -0.2) is 53.7 Å². The van der Waals surface area contributed by atoms with Crippen molar-refractivity contribution in [1.82, 2.24) is 14.9 Å². The Morgan fingerprint density at radius 3 is 2.60 bits per heavy atom. The predicted octanol–water partition coefficient (Wildman–Crippen LogP) is 3.75. The molecule has 0 spiro atoms. The van der Waals surface area contributed by atoms with Crippen molar-refractivity contribution in [2.75, 3.05) is 48.7 Å². The quantitative estimate of drug-likeness (QED) is 0.741. The largest absolute Gasteiger partial charge is 0.450 e. The van der Waals surface area contributed by atoms with E-state index in [1.807, 2.05) is 4.90 Å². The summed E-state index contributed by atoms with van der Waals surface area (Å²) in [6.07, 6.45) is -3.69. The number of anilines is 4. The average molecular weight is 445 g/mol. The fraction of sp³-hybridized carbons (Fsp3) is 0.389. The number of hydrogen-bond donors (Lipinski definition) is 2.